The number of hydrogen-bond donors (Lipinski definition) is 1. The standard InChI is InChI=1S/C23H21Cl2N3O2S/c1-29-17-11-18(30-2)21(25)19(20(17)24)15-10-14-12-26-23(31-3)28-22(14)16(27-15)9-13-7-5-4-6-8-13/h4-8,10-12,23,26H,9H2,1-3H3. The van der Waals surface area contributed by atoms with Crippen LogP contribution in [-0.4, -0.2) is 31.0 Å². The molecule has 3 aromatic rings. The minimum Gasteiger partial charge on any atom is -0.495 e. The van der Waals surface area contributed by atoms with Crippen LogP contribution in [0, 0.1) is 0 Å². The Morgan fingerprint density at radius 1 is 1.03 bits per heavy atom. The van der Waals surface area contributed by atoms with Gasteiger partial charge in [-0.1, -0.05) is 53.5 Å². The SMILES string of the molecule is COc1cc(OC)c(Cl)c(-c2cc3c(c(Cc4ccccc4)n2)=NC(SC)NC=3)c1Cl. The molecule has 0 bridgehead atoms. The van der Waals surface area contributed by atoms with Crippen LogP contribution in [-0.2, 0) is 6.42 Å². The van der Waals surface area contributed by atoms with Crippen molar-refractivity contribution in [3.8, 4) is 22.8 Å². The molecule has 160 valence electrons. The van der Waals surface area contributed by atoms with Crippen molar-refractivity contribution in [2.75, 3.05) is 20.5 Å². The fraction of sp³-hybridized carbons (Fsp3) is 0.217. The molecule has 2 heterocycles. The van der Waals surface area contributed by atoms with Gasteiger partial charge in [-0.05, 0) is 17.9 Å². The lowest BCUT2D eigenvalue weighted by molar-refractivity contribution is 0.395. The molecule has 0 spiro atoms. The summed E-state index contributed by atoms with van der Waals surface area (Å²) in [6, 6.07) is 13.8. The molecule has 2 aromatic carbocycles. The Bertz CT molecular complexity index is 1210. The average Bonchev–Trinajstić information content (AvgIpc) is 2.80. The van der Waals surface area contributed by atoms with Crippen molar-refractivity contribution in [3.05, 3.63) is 74.3 Å². The number of fused-ring (bicyclic) bond motifs is 1. The summed E-state index contributed by atoms with van der Waals surface area (Å²) in [5.41, 5.74) is 3.14. The molecule has 1 unspecified atom stereocenters. The van der Waals surface area contributed by atoms with Crippen LogP contribution in [0.25, 0.3) is 17.5 Å². The molecule has 5 nitrogen and oxygen atoms in total. The number of hydrogen-bond acceptors (Lipinski definition) is 6. The van der Waals surface area contributed by atoms with Crippen LogP contribution in [0.5, 0.6) is 11.5 Å². The van der Waals surface area contributed by atoms with E-state index in [0.717, 1.165) is 21.8 Å². The van der Waals surface area contributed by atoms with E-state index in [9.17, 15) is 0 Å². The van der Waals surface area contributed by atoms with E-state index in [4.69, 9.17) is 42.7 Å². The third-order valence-electron chi connectivity index (χ3n) is 4.99. The normalized spacial score (nSPS) is 14.7. The predicted molar refractivity (Wildman–Crippen MR) is 128 cm³/mol. The van der Waals surface area contributed by atoms with E-state index in [1.807, 2.05) is 36.7 Å². The summed E-state index contributed by atoms with van der Waals surface area (Å²) in [5, 5.41) is 5.86. The van der Waals surface area contributed by atoms with Gasteiger partial charge in [-0.15, -0.1) is 11.8 Å². The molecule has 1 atom stereocenters. The van der Waals surface area contributed by atoms with E-state index in [0.29, 0.717) is 39.2 Å². The highest BCUT2D eigenvalue weighted by molar-refractivity contribution is 7.99. The van der Waals surface area contributed by atoms with Crippen LogP contribution in [0.2, 0.25) is 10.0 Å². The van der Waals surface area contributed by atoms with Gasteiger partial charge in [0.05, 0.1) is 41.0 Å². The van der Waals surface area contributed by atoms with Crippen LogP contribution < -0.4 is 25.4 Å². The highest BCUT2D eigenvalue weighted by atomic mass is 35.5. The van der Waals surface area contributed by atoms with Crippen molar-refractivity contribution in [2.45, 2.75) is 11.9 Å². The van der Waals surface area contributed by atoms with E-state index in [-0.39, 0.29) is 5.50 Å². The molecule has 1 N–H and O–H groups in total. The minimum atomic E-state index is -0.0567. The Labute approximate surface area is 195 Å². The van der Waals surface area contributed by atoms with Gasteiger partial charge in [-0.2, -0.15) is 0 Å². The van der Waals surface area contributed by atoms with Crippen molar-refractivity contribution >= 4 is 41.2 Å². The van der Waals surface area contributed by atoms with Gasteiger partial charge < -0.3 is 14.8 Å². The quantitative estimate of drug-likeness (QED) is 0.579. The first kappa shape index (κ1) is 21.8. The van der Waals surface area contributed by atoms with E-state index in [1.54, 1.807) is 32.0 Å². The first-order chi connectivity index (χ1) is 15.0. The molecule has 0 amide bonds. The Kier molecular flexibility index (Phi) is 6.60. The largest absolute Gasteiger partial charge is 0.495 e. The minimum absolute atomic E-state index is 0.0567. The summed E-state index contributed by atoms with van der Waals surface area (Å²) in [7, 11) is 3.11. The number of nitrogens with one attached hydrogen (secondary N) is 1. The molecule has 1 aliphatic heterocycles. The predicted octanol–water partition coefficient (Wildman–Crippen LogP) is 4.27. The zero-order valence-electron chi connectivity index (χ0n) is 17.3. The molecule has 1 aliphatic rings. The molecule has 1 aromatic heterocycles. The molecule has 4 rings (SSSR count). The van der Waals surface area contributed by atoms with Crippen molar-refractivity contribution in [3.63, 3.8) is 0 Å². The number of nitrogens with zero attached hydrogens (tertiary/aromatic N) is 2. The lowest BCUT2D eigenvalue weighted by Crippen LogP contribution is -2.40. The Balaban J connectivity index is 1.97. The highest BCUT2D eigenvalue weighted by Gasteiger charge is 2.21. The second-order valence-electron chi connectivity index (χ2n) is 6.87. The zero-order valence-corrected chi connectivity index (χ0v) is 19.6. The number of aromatic nitrogens is 1. The van der Waals surface area contributed by atoms with Crippen LogP contribution in [0.1, 0.15) is 11.3 Å². The number of methoxy groups -OCH3 is 2. The monoisotopic (exact) mass is 473 g/mol. The zero-order chi connectivity index (χ0) is 22.0. The van der Waals surface area contributed by atoms with Crippen molar-refractivity contribution in [1.29, 1.82) is 0 Å². The summed E-state index contributed by atoms with van der Waals surface area (Å²) in [6.45, 7) is 0. The van der Waals surface area contributed by atoms with E-state index in [1.165, 1.54) is 0 Å². The third kappa shape index (κ3) is 4.33. The first-order valence-corrected chi connectivity index (χ1v) is 11.6. The number of benzene rings is 2. The maximum Gasteiger partial charge on any atom is 0.166 e. The molecule has 0 saturated heterocycles. The molecule has 0 aliphatic carbocycles. The summed E-state index contributed by atoms with van der Waals surface area (Å²) < 4.78 is 10.9. The van der Waals surface area contributed by atoms with Gasteiger partial charge in [-0.25, -0.2) is 4.99 Å². The lowest BCUT2D eigenvalue weighted by atomic mass is 10.0. The second kappa shape index (κ2) is 9.39. The maximum atomic E-state index is 6.66. The highest BCUT2D eigenvalue weighted by Crippen LogP contribution is 2.45. The summed E-state index contributed by atoms with van der Waals surface area (Å²) in [5.74, 6) is 0.938. The van der Waals surface area contributed by atoms with Crippen LogP contribution in [0.4, 0.5) is 0 Å². The molecule has 31 heavy (non-hydrogen) atoms. The lowest BCUT2D eigenvalue weighted by Gasteiger charge is -2.18. The van der Waals surface area contributed by atoms with E-state index < -0.39 is 0 Å². The maximum absolute atomic E-state index is 6.66. The Hall–Kier alpha value is -2.41. The first-order valence-electron chi connectivity index (χ1n) is 9.56. The topological polar surface area (TPSA) is 55.7 Å². The Morgan fingerprint density at radius 3 is 2.32 bits per heavy atom. The number of rotatable bonds is 6. The molecular weight excluding hydrogens is 453 g/mol. The van der Waals surface area contributed by atoms with Gasteiger partial charge in [0.15, 0.2) is 5.50 Å². The third-order valence-corrected chi connectivity index (χ3v) is 6.43. The van der Waals surface area contributed by atoms with Crippen LogP contribution >= 0.6 is 35.0 Å². The average molecular weight is 474 g/mol. The molecule has 0 saturated carbocycles. The smallest absolute Gasteiger partial charge is 0.166 e. The van der Waals surface area contributed by atoms with Gasteiger partial charge >= 0.3 is 0 Å². The number of thioether (sulfide) groups is 1. The van der Waals surface area contributed by atoms with E-state index >= 15 is 0 Å². The van der Waals surface area contributed by atoms with Crippen molar-refractivity contribution < 1.29 is 9.47 Å². The molecule has 8 heteroatoms. The summed E-state index contributed by atoms with van der Waals surface area (Å²) >= 11 is 15.0. The van der Waals surface area contributed by atoms with E-state index in [2.05, 4.69) is 17.4 Å². The number of ether oxygens (including phenoxy) is 2. The molecular formula is C23H21Cl2N3O2S. The van der Waals surface area contributed by atoms with Gasteiger partial charge in [0.25, 0.3) is 0 Å². The molecule has 0 radical (unpaired) electrons. The van der Waals surface area contributed by atoms with Crippen LogP contribution in [0.15, 0.2) is 47.5 Å². The van der Waals surface area contributed by atoms with Crippen molar-refractivity contribution in [1.82, 2.24) is 10.3 Å². The summed E-state index contributed by atoms with van der Waals surface area (Å²) in [6.07, 6.45) is 4.61. The fourth-order valence-corrected chi connectivity index (χ4v) is 4.57. The summed E-state index contributed by atoms with van der Waals surface area (Å²) in [4.78, 5) is 9.81. The van der Waals surface area contributed by atoms with Crippen molar-refractivity contribution in [2.24, 2.45) is 4.99 Å². The number of halogens is 2. The van der Waals surface area contributed by atoms with Gasteiger partial charge in [-0.3, -0.25) is 4.98 Å². The molecule has 0 fully saturated rings. The second-order valence-corrected chi connectivity index (χ2v) is 8.54. The Morgan fingerprint density at radius 2 is 1.71 bits per heavy atom. The number of pyridine rings is 1. The fourth-order valence-electron chi connectivity index (χ4n) is 3.46. The van der Waals surface area contributed by atoms with Gasteiger partial charge in [0, 0.05) is 29.5 Å². The van der Waals surface area contributed by atoms with Gasteiger partial charge in [0.2, 0.25) is 0 Å². The van der Waals surface area contributed by atoms with Gasteiger partial charge in [0.1, 0.15) is 11.5 Å². The van der Waals surface area contributed by atoms with Crippen LogP contribution in [0.3, 0.4) is 0 Å².